The number of aromatic nitrogens is 1. The molecule has 0 spiro atoms. The lowest BCUT2D eigenvalue weighted by molar-refractivity contribution is -0.145. The minimum Gasteiger partial charge on any atom is -0.466 e. The molecule has 0 aliphatic heterocycles. The molecule has 1 unspecified atom stereocenters. The third-order valence-electron chi connectivity index (χ3n) is 2.55. The van der Waals surface area contributed by atoms with E-state index in [-0.39, 0.29) is 18.4 Å². The first-order valence-electron chi connectivity index (χ1n) is 6.10. The van der Waals surface area contributed by atoms with Crippen molar-refractivity contribution in [2.75, 3.05) is 13.2 Å². The number of esters is 1. The summed E-state index contributed by atoms with van der Waals surface area (Å²) in [6.45, 7) is 4.40. The molecular formula is C13H20N2O3. The van der Waals surface area contributed by atoms with Crippen LogP contribution in [0.5, 0.6) is 0 Å². The minimum atomic E-state index is -0.733. The molecule has 1 rings (SSSR count). The van der Waals surface area contributed by atoms with Crippen LogP contribution >= 0.6 is 0 Å². The van der Waals surface area contributed by atoms with Crippen LogP contribution in [0.2, 0.25) is 0 Å². The quantitative estimate of drug-likeness (QED) is 0.710. The van der Waals surface area contributed by atoms with E-state index in [0.717, 1.165) is 5.56 Å². The van der Waals surface area contributed by atoms with Crippen LogP contribution in [0.3, 0.4) is 0 Å². The summed E-state index contributed by atoms with van der Waals surface area (Å²) in [4.78, 5) is 15.2. The summed E-state index contributed by atoms with van der Waals surface area (Å²) in [7, 11) is 0. The molecule has 0 bridgehead atoms. The molecule has 1 heterocycles. The van der Waals surface area contributed by atoms with E-state index in [1.54, 1.807) is 19.3 Å². The molecule has 1 aromatic rings. The first kappa shape index (κ1) is 14.6. The van der Waals surface area contributed by atoms with Crippen LogP contribution in [0.25, 0.3) is 0 Å². The Morgan fingerprint density at radius 2 is 2.39 bits per heavy atom. The third kappa shape index (κ3) is 5.25. The van der Waals surface area contributed by atoms with Crippen molar-refractivity contribution in [1.29, 1.82) is 0 Å². The molecule has 0 aromatic carbocycles. The molecule has 0 amide bonds. The molecule has 0 saturated heterocycles. The minimum absolute atomic E-state index is 0.0145. The van der Waals surface area contributed by atoms with Gasteiger partial charge >= 0.3 is 5.97 Å². The number of hydrogen-bond acceptors (Lipinski definition) is 5. The molecule has 2 atom stereocenters. The molecular weight excluding hydrogens is 232 g/mol. The topological polar surface area (TPSA) is 71.5 Å². The molecule has 0 aliphatic carbocycles. The molecule has 0 saturated carbocycles. The van der Waals surface area contributed by atoms with E-state index in [4.69, 9.17) is 4.74 Å². The summed E-state index contributed by atoms with van der Waals surface area (Å²) in [5.74, 6) is -0.374. The fraction of sp³-hybridized carbons (Fsp3) is 0.538. The van der Waals surface area contributed by atoms with Gasteiger partial charge in [0, 0.05) is 25.0 Å². The maximum absolute atomic E-state index is 11.1. The Balaban J connectivity index is 2.30. The Labute approximate surface area is 107 Å². The van der Waals surface area contributed by atoms with E-state index < -0.39 is 6.10 Å². The van der Waals surface area contributed by atoms with Crippen LogP contribution in [0.1, 0.15) is 31.9 Å². The summed E-state index contributed by atoms with van der Waals surface area (Å²) >= 11 is 0. The van der Waals surface area contributed by atoms with Crippen molar-refractivity contribution in [3.63, 3.8) is 0 Å². The van der Waals surface area contributed by atoms with Crippen molar-refractivity contribution < 1.29 is 14.6 Å². The van der Waals surface area contributed by atoms with Gasteiger partial charge in [-0.05, 0) is 25.5 Å². The summed E-state index contributed by atoms with van der Waals surface area (Å²) in [5.41, 5.74) is 1.04. The smallest absolute Gasteiger partial charge is 0.308 e. The lowest BCUT2D eigenvalue weighted by Crippen LogP contribution is -2.31. The highest BCUT2D eigenvalue weighted by Crippen LogP contribution is 2.09. The second-order valence-electron chi connectivity index (χ2n) is 4.08. The van der Waals surface area contributed by atoms with Crippen LogP contribution in [-0.2, 0) is 9.53 Å². The summed E-state index contributed by atoms with van der Waals surface area (Å²) in [5, 5.41) is 12.8. The largest absolute Gasteiger partial charge is 0.466 e. The molecule has 100 valence electrons. The molecule has 0 radical (unpaired) electrons. The lowest BCUT2D eigenvalue weighted by atomic mass is 10.1. The van der Waals surface area contributed by atoms with Gasteiger partial charge in [0.1, 0.15) is 0 Å². The zero-order chi connectivity index (χ0) is 13.4. The number of hydrogen-bond donors (Lipinski definition) is 2. The van der Waals surface area contributed by atoms with E-state index >= 15 is 0 Å². The number of carbonyl (C=O) groups is 1. The average Bonchev–Trinajstić information content (AvgIpc) is 2.37. The number of aliphatic hydroxyl groups excluding tert-OH is 1. The summed E-state index contributed by atoms with van der Waals surface area (Å²) in [6.07, 6.45) is 2.77. The van der Waals surface area contributed by atoms with Gasteiger partial charge in [0.25, 0.3) is 0 Å². The molecule has 5 nitrogen and oxygen atoms in total. The predicted molar refractivity (Wildman–Crippen MR) is 67.9 cm³/mol. The van der Waals surface area contributed by atoms with Gasteiger partial charge in [0.15, 0.2) is 0 Å². The zero-order valence-electron chi connectivity index (χ0n) is 10.8. The highest BCUT2D eigenvalue weighted by atomic mass is 16.5. The normalized spacial score (nSPS) is 13.9. The van der Waals surface area contributed by atoms with Crippen molar-refractivity contribution in [2.45, 2.75) is 32.4 Å². The Bertz CT molecular complexity index is 357. The second-order valence-corrected chi connectivity index (χ2v) is 4.08. The van der Waals surface area contributed by atoms with Crippen molar-refractivity contribution in [1.82, 2.24) is 10.3 Å². The van der Waals surface area contributed by atoms with Gasteiger partial charge < -0.3 is 15.2 Å². The van der Waals surface area contributed by atoms with E-state index in [0.29, 0.717) is 13.2 Å². The standard InChI is InChI=1S/C13H20N2O3/c1-3-18-13(17)7-12(16)9-15-10(2)11-5-4-6-14-8-11/h4-6,8,10,12,15-16H,3,7,9H2,1-2H3/t10-,12?/m1/s1. The van der Waals surface area contributed by atoms with Crippen LogP contribution in [0, 0.1) is 0 Å². The van der Waals surface area contributed by atoms with Gasteiger partial charge in [-0.15, -0.1) is 0 Å². The van der Waals surface area contributed by atoms with E-state index in [9.17, 15) is 9.90 Å². The molecule has 18 heavy (non-hydrogen) atoms. The maximum atomic E-state index is 11.1. The molecule has 2 N–H and O–H groups in total. The number of aliphatic hydroxyl groups is 1. The highest BCUT2D eigenvalue weighted by Gasteiger charge is 2.13. The van der Waals surface area contributed by atoms with Gasteiger partial charge in [-0.1, -0.05) is 6.07 Å². The first-order valence-corrected chi connectivity index (χ1v) is 6.10. The van der Waals surface area contributed by atoms with Gasteiger partial charge in [-0.2, -0.15) is 0 Å². The van der Waals surface area contributed by atoms with Gasteiger partial charge in [-0.25, -0.2) is 0 Å². The third-order valence-corrected chi connectivity index (χ3v) is 2.55. The van der Waals surface area contributed by atoms with Crippen LogP contribution in [-0.4, -0.2) is 35.3 Å². The first-order chi connectivity index (χ1) is 8.63. The number of carbonyl (C=O) groups excluding carboxylic acids is 1. The maximum Gasteiger partial charge on any atom is 0.308 e. The SMILES string of the molecule is CCOC(=O)CC(O)CN[C@H](C)c1cccnc1. The van der Waals surface area contributed by atoms with E-state index in [1.807, 2.05) is 19.1 Å². The molecule has 5 heteroatoms. The Kier molecular flexibility index (Phi) is 6.32. The Hall–Kier alpha value is -1.46. The van der Waals surface area contributed by atoms with Gasteiger partial charge in [0.05, 0.1) is 19.1 Å². The number of nitrogens with one attached hydrogen (secondary N) is 1. The van der Waals surface area contributed by atoms with Crippen molar-refractivity contribution in [3.05, 3.63) is 30.1 Å². The molecule has 0 fully saturated rings. The van der Waals surface area contributed by atoms with Crippen molar-refractivity contribution in [3.8, 4) is 0 Å². The lowest BCUT2D eigenvalue weighted by Gasteiger charge is -2.16. The Morgan fingerprint density at radius 1 is 1.61 bits per heavy atom. The fourth-order valence-corrected chi connectivity index (χ4v) is 1.55. The van der Waals surface area contributed by atoms with Crippen molar-refractivity contribution >= 4 is 5.97 Å². The number of pyridine rings is 1. The number of rotatable bonds is 7. The Morgan fingerprint density at radius 3 is 3.00 bits per heavy atom. The zero-order valence-corrected chi connectivity index (χ0v) is 10.8. The van der Waals surface area contributed by atoms with Crippen LogP contribution in [0.15, 0.2) is 24.5 Å². The predicted octanol–water partition coefficient (Wildman–Crippen LogP) is 1.05. The second kappa shape index (κ2) is 7.79. The van der Waals surface area contributed by atoms with E-state index in [2.05, 4.69) is 10.3 Å². The molecule has 0 aliphatic rings. The van der Waals surface area contributed by atoms with Gasteiger partial charge in [0.2, 0.25) is 0 Å². The summed E-state index contributed by atoms with van der Waals surface area (Å²) in [6, 6.07) is 3.90. The van der Waals surface area contributed by atoms with Crippen molar-refractivity contribution in [2.24, 2.45) is 0 Å². The van der Waals surface area contributed by atoms with Crippen LogP contribution in [0.4, 0.5) is 0 Å². The molecule has 1 aromatic heterocycles. The average molecular weight is 252 g/mol. The number of ether oxygens (including phenoxy) is 1. The number of nitrogens with zero attached hydrogens (tertiary/aromatic N) is 1. The van der Waals surface area contributed by atoms with Gasteiger partial charge in [-0.3, -0.25) is 9.78 Å². The summed E-state index contributed by atoms with van der Waals surface area (Å²) < 4.78 is 4.77. The van der Waals surface area contributed by atoms with E-state index in [1.165, 1.54) is 0 Å². The monoisotopic (exact) mass is 252 g/mol. The van der Waals surface area contributed by atoms with Crippen LogP contribution < -0.4 is 5.32 Å². The highest BCUT2D eigenvalue weighted by molar-refractivity contribution is 5.69. The fourth-order valence-electron chi connectivity index (χ4n) is 1.55.